The number of hydrogen-bond donors (Lipinski definition) is 0. The summed E-state index contributed by atoms with van der Waals surface area (Å²) in [5.41, 5.74) is -0.388. The number of methoxy groups -OCH3 is 1. The third-order valence-corrected chi connectivity index (χ3v) is 1.96. The Morgan fingerprint density at radius 1 is 1.53 bits per heavy atom. The van der Waals surface area contributed by atoms with E-state index in [0.717, 1.165) is 18.2 Å². The van der Waals surface area contributed by atoms with Gasteiger partial charge in [-0.1, -0.05) is 0 Å². The molecule has 1 atom stereocenters. The third-order valence-electron chi connectivity index (χ3n) is 1.96. The fourth-order valence-corrected chi connectivity index (χ4v) is 1.10. The summed E-state index contributed by atoms with van der Waals surface area (Å²) in [7, 11) is 1.17. The third kappa shape index (κ3) is 3.13. The highest BCUT2D eigenvalue weighted by Crippen LogP contribution is 2.23. The van der Waals surface area contributed by atoms with E-state index < -0.39 is 22.8 Å². The van der Waals surface area contributed by atoms with Gasteiger partial charge in [-0.05, 0) is 13.0 Å². The maximum absolute atomic E-state index is 13.4. The number of benzene rings is 1. The molecule has 6 nitrogen and oxygen atoms in total. The Kier molecular flexibility index (Phi) is 3.97. The molecule has 92 valence electrons. The van der Waals surface area contributed by atoms with Gasteiger partial charge in [0.15, 0.2) is 17.7 Å². The van der Waals surface area contributed by atoms with Gasteiger partial charge in [0.1, 0.15) is 0 Å². The van der Waals surface area contributed by atoms with Crippen LogP contribution in [0.1, 0.15) is 6.92 Å². The van der Waals surface area contributed by atoms with Crippen molar-refractivity contribution in [2.24, 2.45) is 0 Å². The number of nitro benzene ring substituents is 1. The maximum Gasteiger partial charge on any atom is 0.346 e. The van der Waals surface area contributed by atoms with Crippen molar-refractivity contribution in [3.8, 4) is 5.75 Å². The van der Waals surface area contributed by atoms with E-state index in [-0.39, 0.29) is 11.4 Å². The molecule has 0 aliphatic heterocycles. The lowest BCUT2D eigenvalue weighted by Crippen LogP contribution is -2.25. The molecule has 1 aromatic carbocycles. The number of esters is 1. The first kappa shape index (κ1) is 12.9. The van der Waals surface area contributed by atoms with Gasteiger partial charge in [0.05, 0.1) is 18.1 Å². The number of ether oxygens (including phenoxy) is 2. The Morgan fingerprint density at radius 2 is 2.18 bits per heavy atom. The zero-order chi connectivity index (χ0) is 13.0. The quantitative estimate of drug-likeness (QED) is 0.456. The molecule has 0 heterocycles. The van der Waals surface area contributed by atoms with E-state index in [2.05, 4.69) is 4.74 Å². The topological polar surface area (TPSA) is 78.7 Å². The zero-order valence-electron chi connectivity index (χ0n) is 9.18. The number of carbonyl (C=O) groups is 1. The van der Waals surface area contributed by atoms with Gasteiger partial charge in [-0.2, -0.15) is 0 Å². The van der Waals surface area contributed by atoms with Gasteiger partial charge in [0.25, 0.3) is 5.69 Å². The first-order chi connectivity index (χ1) is 7.95. The van der Waals surface area contributed by atoms with Crippen LogP contribution in [-0.4, -0.2) is 24.1 Å². The van der Waals surface area contributed by atoms with Gasteiger partial charge in [0, 0.05) is 6.07 Å². The molecule has 0 saturated carbocycles. The van der Waals surface area contributed by atoms with Crippen molar-refractivity contribution in [2.45, 2.75) is 13.0 Å². The molecule has 0 aliphatic carbocycles. The number of non-ortho nitro benzene ring substituents is 1. The summed E-state index contributed by atoms with van der Waals surface area (Å²) in [5.74, 6) is -1.81. The summed E-state index contributed by atoms with van der Waals surface area (Å²) < 4.78 is 22.7. The molecule has 0 spiro atoms. The normalized spacial score (nSPS) is 11.7. The standard InChI is InChI=1S/C10H10FNO5/c1-6(10(13)16-2)17-9-4-3-7(12(14)15)5-8(9)11/h3-6H,1-2H3. The van der Waals surface area contributed by atoms with Crippen molar-refractivity contribution in [1.82, 2.24) is 0 Å². The molecule has 17 heavy (non-hydrogen) atoms. The lowest BCUT2D eigenvalue weighted by Gasteiger charge is -2.12. The van der Waals surface area contributed by atoms with E-state index in [4.69, 9.17) is 4.74 Å². The van der Waals surface area contributed by atoms with Crippen molar-refractivity contribution >= 4 is 11.7 Å². The molecule has 1 rings (SSSR count). The number of carbonyl (C=O) groups excluding carboxylic acids is 1. The van der Waals surface area contributed by atoms with Crippen LogP contribution >= 0.6 is 0 Å². The van der Waals surface area contributed by atoms with E-state index in [1.807, 2.05) is 0 Å². The van der Waals surface area contributed by atoms with E-state index in [9.17, 15) is 19.3 Å². The smallest absolute Gasteiger partial charge is 0.346 e. The van der Waals surface area contributed by atoms with Gasteiger partial charge in [0.2, 0.25) is 0 Å². The van der Waals surface area contributed by atoms with Crippen LogP contribution in [0.25, 0.3) is 0 Å². The first-order valence-corrected chi connectivity index (χ1v) is 4.64. The number of nitro groups is 1. The van der Waals surface area contributed by atoms with E-state index in [1.54, 1.807) is 0 Å². The monoisotopic (exact) mass is 243 g/mol. The zero-order valence-corrected chi connectivity index (χ0v) is 9.18. The van der Waals surface area contributed by atoms with Crippen molar-refractivity contribution in [3.05, 3.63) is 34.1 Å². The summed E-state index contributed by atoms with van der Waals surface area (Å²) in [6.45, 7) is 1.38. The van der Waals surface area contributed by atoms with E-state index in [0.29, 0.717) is 0 Å². The van der Waals surface area contributed by atoms with Gasteiger partial charge in [-0.3, -0.25) is 10.1 Å². The second kappa shape index (κ2) is 5.24. The summed E-state index contributed by atoms with van der Waals surface area (Å²) in [6, 6.07) is 2.90. The fraction of sp³-hybridized carbons (Fsp3) is 0.300. The molecule has 0 amide bonds. The highest BCUT2D eigenvalue weighted by molar-refractivity contribution is 5.74. The Morgan fingerprint density at radius 3 is 2.65 bits per heavy atom. The second-order valence-corrected chi connectivity index (χ2v) is 3.16. The number of hydrogen-bond acceptors (Lipinski definition) is 5. The van der Waals surface area contributed by atoms with Crippen molar-refractivity contribution in [3.63, 3.8) is 0 Å². The van der Waals surface area contributed by atoms with Crippen LogP contribution in [0.3, 0.4) is 0 Å². The Hall–Kier alpha value is -2.18. The summed E-state index contributed by atoms with van der Waals surface area (Å²) in [6.07, 6.45) is -0.990. The lowest BCUT2D eigenvalue weighted by atomic mass is 10.3. The molecule has 0 N–H and O–H groups in total. The molecular weight excluding hydrogens is 233 g/mol. The second-order valence-electron chi connectivity index (χ2n) is 3.16. The van der Waals surface area contributed by atoms with Crippen LogP contribution in [0.5, 0.6) is 5.75 Å². The van der Waals surface area contributed by atoms with Crippen molar-refractivity contribution in [1.29, 1.82) is 0 Å². The molecule has 1 unspecified atom stereocenters. The average Bonchev–Trinajstić information content (AvgIpc) is 2.30. The van der Waals surface area contributed by atoms with E-state index >= 15 is 0 Å². The predicted octanol–water partition coefficient (Wildman–Crippen LogP) is 1.67. The molecule has 0 bridgehead atoms. The van der Waals surface area contributed by atoms with E-state index in [1.165, 1.54) is 14.0 Å². The largest absolute Gasteiger partial charge is 0.476 e. The number of nitrogens with zero attached hydrogens (tertiary/aromatic N) is 1. The first-order valence-electron chi connectivity index (χ1n) is 4.64. The number of halogens is 1. The molecule has 0 aliphatic rings. The Balaban J connectivity index is 2.86. The highest BCUT2D eigenvalue weighted by atomic mass is 19.1. The van der Waals surface area contributed by atoms with Crippen molar-refractivity contribution in [2.75, 3.05) is 7.11 Å². The van der Waals surface area contributed by atoms with Crippen LogP contribution in [0.15, 0.2) is 18.2 Å². The van der Waals surface area contributed by atoms with Gasteiger partial charge >= 0.3 is 5.97 Å². The minimum Gasteiger partial charge on any atom is -0.476 e. The molecule has 1 aromatic rings. The van der Waals surface area contributed by atoms with Gasteiger partial charge in [-0.15, -0.1) is 0 Å². The molecule has 7 heteroatoms. The molecule has 0 fully saturated rings. The maximum atomic E-state index is 13.4. The van der Waals surface area contributed by atoms with Crippen LogP contribution in [0, 0.1) is 15.9 Å². The SMILES string of the molecule is COC(=O)C(C)Oc1ccc([N+](=O)[O-])cc1F. The molecular formula is C10H10FNO5. The fourth-order valence-electron chi connectivity index (χ4n) is 1.10. The van der Waals surface area contributed by atoms with Crippen LogP contribution in [-0.2, 0) is 9.53 Å². The minimum absolute atomic E-state index is 0.242. The van der Waals surface area contributed by atoms with Crippen LogP contribution in [0.4, 0.5) is 10.1 Å². The van der Waals surface area contributed by atoms with Crippen LogP contribution in [0.2, 0.25) is 0 Å². The molecule has 0 aromatic heterocycles. The van der Waals surface area contributed by atoms with Gasteiger partial charge < -0.3 is 9.47 Å². The summed E-state index contributed by atoms with van der Waals surface area (Å²) in [4.78, 5) is 20.7. The summed E-state index contributed by atoms with van der Waals surface area (Å²) in [5, 5.41) is 10.4. The van der Waals surface area contributed by atoms with Gasteiger partial charge in [-0.25, -0.2) is 9.18 Å². The predicted molar refractivity (Wildman–Crippen MR) is 55.2 cm³/mol. The Labute approximate surface area is 96.1 Å². The Bertz CT molecular complexity index is 448. The highest BCUT2D eigenvalue weighted by Gasteiger charge is 2.18. The lowest BCUT2D eigenvalue weighted by molar-refractivity contribution is -0.385. The average molecular weight is 243 g/mol. The van der Waals surface area contributed by atoms with Crippen molar-refractivity contribution < 1.29 is 23.6 Å². The summed E-state index contributed by atoms with van der Waals surface area (Å²) >= 11 is 0. The number of rotatable bonds is 4. The molecule has 0 radical (unpaired) electrons. The van der Waals surface area contributed by atoms with Crippen LogP contribution < -0.4 is 4.74 Å². The molecule has 0 saturated heterocycles. The minimum atomic E-state index is -0.990.